The minimum absolute atomic E-state index is 0.224. The standard InChI is InChI=1S/C10H15F2NO2/c1-2-4-10(11,12)6-8-3-5-13(7-8)9(14)15/h2,8H,1,3-7H2,(H,14,15). The van der Waals surface area contributed by atoms with Crippen LogP contribution in [0.1, 0.15) is 19.3 Å². The molecule has 0 aliphatic carbocycles. The minimum Gasteiger partial charge on any atom is -0.465 e. The Labute approximate surface area is 87.4 Å². The van der Waals surface area contributed by atoms with E-state index in [9.17, 15) is 13.6 Å². The second-order valence-electron chi connectivity index (χ2n) is 3.94. The molecule has 86 valence electrons. The van der Waals surface area contributed by atoms with Gasteiger partial charge >= 0.3 is 6.09 Å². The van der Waals surface area contributed by atoms with Crippen LogP contribution >= 0.6 is 0 Å². The molecule has 1 aliphatic rings. The average Bonchev–Trinajstić information content (AvgIpc) is 2.51. The van der Waals surface area contributed by atoms with Gasteiger partial charge in [0.25, 0.3) is 5.92 Å². The molecule has 15 heavy (non-hydrogen) atoms. The van der Waals surface area contributed by atoms with Crippen molar-refractivity contribution in [3.63, 3.8) is 0 Å². The number of hydrogen-bond acceptors (Lipinski definition) is 1. The summed E-state index contributed by atoms with van der Waals surface area (Å²) >= 11 is 0. The van der Waals surface area contributed by atoms with Gasteiger partial charge in [-0.1, -0.05) is 6.08 Å². The van der Waals surface area contributed by atoms with Gasteiger partial charge in [0, 0.05) is 25.9 Å². The lowest BCUT2D eigenvalue weighted by Gasteiger charge is -2.18. The molecule has 1 heterocycles. The van der Waals surface area contributed by atoms with Crippen LogP contribution in [0.4, 0.5) is 13.6 Å². The molecule has 1 rings (SSSR count). The van der Waals surface area contributed by atoms with Gasteiger partial charge in [-0.25, -0.2) is 13.6 Å². The average molecular weight is 219 g/mol. The van der Waals surface area contributed by atoms with Crippen LogP contribution in [0, 0.1) is 5.92 Å². The highest BCUT2D eigenvalue weighted by Gasteiger charge is 2.35. The van der Waals surface area contributed by atoms with Crippen LogP contribution < -0.4 is 0 Å². The molecule has 0 saturated carbocycles. The molecule has 0 radical (unpaired) electrons. The lowest BCUT2D eigenvalue weighted by molar-refractivity contribution is -0.0186. The van der Waals surface area contributed by atoms with Crippen molar-refractivity contribution in [2.24, 2.45) is 5.92 Å². The molecule has 1 unspecified atom stereocenters. The minimum atomic E-state index is -2.75. The van der Waals surface area contributed by atoms with E-state index in [1.165, 1.54) is 11.0 Å². The van der Waals surface area contributed by atoms with E-state index in [-0.39, 0.29) is 25.3 Å². The first-order valence-corrected chi connectivity index (χ1v) is 4.91. The zero-order chi connectivity index (χ0) is 11.5. The first-order chi connectivity index (χ1) is 6.94. The Morgan fingerprint density at radius 3 is 2.80 bits per heavy atom. The van der Waals surface area contributed by atoms with E-state index >= 15 is 0 Å². The summed E-state index contributed by atoms with van der Waals surface area (Å²) in [6.07, 6.45) is 0.118. The molecular formula is C10H15F2NO2. The molecule has 1 amide bonds. The summed E-state index contributed by atoms with van der Waals surface area (Å²) < 4.78 is 26.3. The van der Waals surface area contributed by atoms with E-state index < -0.39 is 12.0 Å². The van der Waals surface area contributed by atoms with Gasteiger partial charge in [0.15, 0.2) is 0 Å². The van der Waals surface area contributed by atoms with E-state index in [4.69, 9.17) is 5.11 Å². The third-order valence-electron chi connectivity index (χ3n) is 2.59. The van der Waals surface area contributed by atoms with Gasteiger partial charge in [-0.15, -0.1) is 6.58 Å². The summed E-state index contributed by atoms with van der Waals surface area (Å²) in [5, 5.41) is 8.65. The number of nitrogens with zero attached hydrogens (tertiary/aromatic N) is 1. The van der Waals surface area contributed by atoms with Crippen molar-refractivity contribution in [1.29, 1.82) is 0 Å². The zero-order valence-corrected chi connectivity index (χ0v) is 8.46. The molecule has 5 heteroatoms. The smallest absolute Gasteiger partial charge is 0.407 e. The lowest BCUT2D eigenvalue weighted by atomic mass is 9.98. The van der Waals surface area contributed by atoms with Crippen molar-refractivity contribution < 1.29 is 18.7 Å². The third kappa shape index (κ3) is 3.49. The molecule has 1 atom stereocenters. The third-order valence-corrected chi connectivity index (χ3v) is 2.59. The number of rotatable bonds is 4. The monoisotopic (exact) mass is 219 g/mol. The van der Waals surface area contributed by atoms with Crippen LogP contribution in [-0.2, 0) is 0 Å². The molecule has 0 aromatic heterocycles. The Hall–Kier alpha value is -1.13. The predicted molar refractivity (Wildman–Crippen MR) is 52.1 cm³/mol. The predicted octanol–water partition coefficient (Wildman–Crippen LogP) is 2.59. The van der Waals surface area contributed by atoms with Crippen LogP contribution in [-0.4, -0.2) is 35.1 Å². The highest BCUT2D eigenvalue weighted by molar-refractivity contribution is 5.65. The molecule has 0 bridgehead atoms. The van der Waals surface area contributed by atoms with Crippen molar-refractivity contribution in [1.82, 2.24) is 4.90 Å². The molecular weight excluding hydrogens is 204 g/mol. The van der Waals surface area contributed by atoms with E-state index in [1.54, 1.807) is 0 Å². The number of alkyl halides is 2. The lowest BCUT2D eigenvalue weighted by Crippen LogP contribution is -2.28. The van der Waals surface area contributed by atoms with Gasteiger partial charge in [0.05, 0.1) is 0 Å². The maximum atomic E-state index is 13.2. The highest BCUT2D eigenvalue weighted by Crippen LogP contribution is 2.32. The van der Waals surface area contributed by atoms with E-state index in [0.717, 1.165) is 0 Å². The largest absolute Gasteiger partial charge is 0.465 e. The number of hydrogen-bond donors (Lipinski definition) is 1. The van der Waals surface area contributed by atoms with Gasteiger partial charge in [-0.05, 0) is 12.3 Å². The maximum Gasteiger partial charge on any atom is 0.407 e. The molecule has 1 aliphatic heterocycles. The Bertz CT molecular complexity index is 256. The van der Waals surface area contributed by atoms with Crippen molar-refractivity contribution in [2.75, 3.05) is 13.1 Å². The number of amides is 1. The first kappa shape index (κ1) is 11.9. The number of carboxylic acid groups (broad SMARTS) is 1. The molecule has 1 fully saturated rings. The van der Waals surface area contributed by atoms with Crippen molar-refractivity contribution in [3.05, 3.63) is 12.7 Å². The summed E-state index contributed by atoms with van der Waals surface area (Å²) in [5.74, 6) is -2.97. The SMILES string of the molecule is C=CCC(F)(F)CC1CCN(C(=O)O)C1. The van der Waals surface area contributed by atoms with E-state index in [0.29, 0.717) is 13.0 Å². The summed E-state index contributed by atoms with van der Waals surface area (Å²) in [7, 11) is 0. The fraction of sp³-hybridized carbons (Fsp3) is 0.700. The molecule has 0 aromatic rings. The molecule has 1 saturated heterocycles. The Kier molecular flexibility index (Phi) is 3.66. The summed E-state index contributed by atoms with van der Waals surface area (Å²) in [6.45, 7) is 3.87. The Morgan fingerprint density at radius 1 is 1.67 bits per heavy atom. The summed E-state index contributed by atoms with van der Waals surface area (Å²) in [6, 6.07) is 0. The second-order valence-corrected chi connectivity index (χ2v) is 3.94. The van der Waals surface area contributed by atoms with Crippen LogP contribution in [0.2, 0.25) is 0 Å². The highest BCUT2D eigenvalue weighted by atomic mass is 19.3. The van der Waals surface area contributed by atoms with Gasteiger partial charge in [-0.2, -0.15) is 0 Å². The van der Waals surface area contributed by atoms with Crippen LogP contribution in [0.5, 0.6) is 0 Å². The fourth-order valence-corrected chi connectivity index (χ4v) is 1.89. The van der Waals surface area contributed by atoms with Gasteiger partial charge in [0.1, 0.15) is 0 Å². The number of halogens is 2. The van der Waals surface area contributed by atoms with Crippen molar-refractivity contribution >= 4 is 6.09 Å². The molecule has 1 N–H and O–H groups in total. The van der Waals surface area contributed by atoms with Crippen molar-refractivity contribution in [3.8, 4) is 0 Å². The van der Waals surface area contributed by atoms with E-state index in [1.807, 2.05) is 0 Å². The topological polar surface area (TPSA) is 40.5 Å². The number of likely N-dealkylation sites (tertiary alicyclic amines) is 1. The Balaban J connectivity index is 2.41. The van der Waals surface area contributed by atoms with Crippen LogP contribution in [0.25, 0.3) is 0 Å². The summed E-state index contributed by atoms with van der Waals surface area (Å²) in [4.78, 5) is 11.7. The first-order valence-electron chi connectivity index (χ1n) is 4.91. The van der Waals surface area contributed by atoms with Crippen LogP contribution in [0.15, 0.2) is 12.7 Å². The van der Waals surface area contributed by atoms with Crippen molar-refractivity contribution in [2.45, 2.75) is 25.2 Å². The molecule has 0 aromatic carbocycles. The number of carbonyl (C=O) groups is 1. The zero-order valence-electron chi connectivity index (χ0n) is 8.46. The maximum absolute atomic E-state index is 13.2. The van der Waals surface area contributed by atoms with Gasteiger partial charge in [-0.3, -0.25) is 0 Å². The molecule has 0 spiro atoms. The van der Waals surface area contributed by atoms with Crippen LogP contribution in [0.3, 0.4) is 0 Å². The molecule has 3 nitrogen and oxygen atoms in total. The Morgan fingerprint density at radius 2 is 2.33 bits per heavy atom. The quantitative estimate of drug-likeness (QED) is 0.738. The second kappa shape index (κ2) is 4.59. The fourth-order valence-electron chi connectivity index (χ4n) is 1.89. The summed E-state index contributed by atoms with van der Waals surface area (Å²) in [5.41, 5.74) is 0. The number of allylic oxidation sites excluding steroid dienone is 1. The van der Waals surface area contributed by atoms with Gasteiger partial charge in [0.2, 0.25) is 0 Å². The normalized spacial score (nSPS) is 21.7. The van der Waals surface area contributed by atoms with E-state index in [2.05, 4.69) is 6.58 Å². The van der Waals surface area contributed by atoms with Gasteiger partial charge < -0.3 is 10.0 Å².